The van der Waals surface area contributed by atoms with E-state index in [4.69, 9.17) is 28.3 Å². The molecule has 0 bridgehead atoms. The van der Waals surface area contributed by atoms with Gasteiger partial charge in [0, 0.05) is 11.0 Å². The Morgan fingerprint density at radius 1 is 1.30 bits per heavy atom. The highest BCUT2D eigenvalue weighted by Crippen LogP contribution is 2.45. The summed E-state index contributed by atoms with van der Waals surface area (Å²) in [5.74, 6) is -0.891. The van der Waals surface area contributed by atoms with Crippen LogP contribution in [-0.2, 0) is 4.79 Å². The monoisotopic (exact) mass is 380 g/mol. The summed E-state index contributed by atoms with van der Waals surface area (Å²) in [5, 5.41) is 14.6. The van der Waals surface area contributed by atoms with Crippen LogP contribution in [0.5, 0.6) is 0 Å². The van der Waals surface area contributed by atoms with Gasteiger partial charge in [-0.3, -0.25) is 4.79 Å². The zero-order valence-electron chi connectivity index (χ0n) is 10.2. The summed E-state index contributed by atoms with van der Waals surface area (Å²) in [6.45, 7) is 0.0833. The summed E-state index contributed by atoms with van der Waals surface area (Å²) in [5.41, 5.74) is -0.529. The molecule has 1 aliphatic rings. The van der Waals surface area contributed by atoms with Crippen LogP contribution < -0.4 is 10.6 Å². The second-order valence-corrected chi connectivity index (χ2v) is 6.37. The molecule has 0 radical (unpaired) electrons. The first kappa shape index (κ1) is 15.4. The number of hydrogen-bond donors (Lipinski definition) is 3. The first-order valence-corrected chi connectivity index (χ1v) is 7.32. The Bertz CT molecular complexity index is 553. The molecule has 1 saturated carbocycles. The van der Waals surface area contributed by atoms with E-state index in [0.29, 0.717) is 27.4 Å². The lowest BCUT2D eigenvalue weighted by molar-refractivity contribution is -0.143. The minimum atomic E-state index is -0.891. The Balaban J connectivity index is 1.97. The maximum absolute atomic E-state index is 11.8. The number of urea groups is 1. The average Bonchev–Trinajstić information content (AvgIpc) is 3.12. The van der Waals surface area contributed by atoms with Gasteiger partial charge in [-0.2, -0.15) is 0 Å². The van der Waals surface area contributed by atoms with Crippen molar-refractivity contribution in [2.45, 2.75) is 12.8 Å². The highest BCUT2D eigenvalue weighted by atomic mass is 79.9. The van der Waals surface area contributed by atoms with E-state index in [-0.39, 0.29) is 12.2 Å². The summed E-state index contributed by atoms with van der Waals surface area (Å²) < 4.78 is 0.696. The molecule has 8 heteroatoms. The fourth-order valence-electron chi connectivity index (χ4n) is 1.69. The molecular weight excluding hydrogens is 371 g/mol. The summed E-state index contributed by atoms with van der Waals surface area (Å²) in [7, 11) is 0. The lowest BCUT2D eigenvalue weighted by Gasteiger charge is -2.13. The number of anilines is 1. The van der Waals surface area contributed by atoms with Crippen LogP contribution in [0, 0.1) is 5.41 Å². The fourth-order valence-corrected chi connectivity index (χ4v) is 2.99. The molecule has 0 unspecified atom stereocenters. The number of halogens is 3. The van der Waals surface area contributed by atoms with Gasteiger partial charge in [0.25, 0.3) is 0 Å². The zero-order valence-corrected chi connectivity index (χ0v) is 13.3. The second-order valence-electron chi connectivity index (χ2n) is 4.64. The van der Waals surface area contributed by atoms with E-state index in [1.807, 2.05) is 0 Å². The van der Waals surface area contributed by atoms with E-state index in [2.05, 4.69) is 26.6 Å². The summed E-state index contributed by atoms with van der Waals surface area (Å²) in [6.07, 6.45) is 1.14. The molecule has 108 valence electrons. The van der Waals surface area contributed by atoms with Gasteiger partial charge in [0.05, 0.1) is 21.1 Å². The van der Waals surface area contributed by atoms with E-state index < -0.39 is 17.4 Å². The summed E-state index contributed by atoms with van der Waals surface area (Å²) in [4.78, 5) is 22.7. The molecule has 0 saturated heterocycles. The van der Waals surface area contributed by atoms with Gasteiger partial charge < -0.3 is 15.7 Å². The third kappa shape index (κ3) is 3.37. The van der Waals surface area contributed by atoms with Crippen molar-refractivity contribution in [1.29, 1.82) is 0 Å². The number of hydrogen-bond acceptors (Lipinski definition) is 2. The fraction of sp³-hybridized carbons (Fsp3) is 0.333. The van der Waals surface area contributed by atoms with E-state index in [9.17, 15) is 9.59 Å². The maximum Gasteiger partial charge on any atom is 0.319 e. The molecule has 0 aromatic heterocycles. The predicted molar refractivity (Wildman–Crippen MR) is 80.5 cm³/mol. The molecule has 1 aromatic carbocycles. The third-order valence-corrected chi connectivity index (χ3v) is 4.19. The molecule has 3 N–H and O–H groups in total. The lowest BCUT2D eigenvalue weighted by Crippen LogP contribution is -2.36. The van der Waals surface area contributed by atoms with Crippen LogP contribution in [0.1, 0.15) is 12.8 Å². The van der Waals surface area contributed by atoms with Crippen molar-refractivity contribution in [3.8, 4) is 0 Å². The standard InChI is InChI=1S/C12H11BrCl2N2O3/c13-6-3-7(14)9(8(15)4-6)17-11(20)16-5-12(1-2-12)10(18)19/h3-4H,1-2,5H2,(H,18,19)(H2,16,17,20). The number of carboxylic acids is 1. The number of carboxylic acid groups (broad SMARTS) is 1. The molecule has 2 amide bonds. The Morgan fingerprint density at radius 3 is 2.30 bits per heavy atom. The van der Waals surface area contributed by atoms with Crippen LogP contribution >= 0.6 is 39.1 Å². The predicted octanol–water partition coefficient (Wildman–Crippen LogP) is 3.74. The second kappa shape index (κ2) is 5.79. The number of rotatable bonds is 4. The van der Waals surface area contributed by atoms with Gasteiger partial charge >= 0.3 is 12.0 Å². The van der Waals surface area contributed by atoms with Crippen molar-refractivity contribution in [3.05, 3.63) is 26.7 Å². The average molecular weight is 382 g/mol. The molecule has 1 fully saturated rings. The van der Waals surface area contributed by atoms with Gasteiger partial charge in [-0.1, -0.05) is 39.1 Å². The van der Waals surface area contributed by atoms with Crippen LogP contribution in [0.25, 0.3) is 0 Å². The maximum atomic E-state index is 11.8. The summed E-state index contributed by atoms with van der Waals surface area (Å²) in [6, 6.07) is 2.66. The number of benzene rings is 1. The topological polar surface area (TPSA) is 78.4 Å². The molecule has 0 heterocycles. The highest BCUT2D eigenvalue weighted by molar-refractivity contribution is 9.10. The molecule has 0 spiro atoms. The van der Waals surface area contributed by atoms with E-state index in [1.165, 1.54) is 0 Å². The molecule has 1 aromatic rings. The Kier molecular flexibility index (Phi) is 4.46. The van der Waals surface area contributed by atoms with E-state index in [1.54, 1.807) is 12.1 Å². The molecule has 20 heavy (non-hydrogen) atoms. The largest absolute Gasteiger partial charge is 0.481 e. The van der Waals surface area contributed by atoms with Crippen molar-refractivity contribution in [3.63, 3.8) is 0 Å². The number of carbonyl (C=O) groups is 2. The van der Waals surface area contributed by atoms with Crippen molar-refractivity contribution in [2.24, 2.45) is 5.41 Å². The van der Waals surface area contributed by atoms with Crippen LogP contribution in [0.15, 0.2) is 16.6 Å². The Labute approximate surface area is 133 Å². The van der Waals surface area contributed by atoms with Crippen LogP contribution in [0.3, 0.4) is 0 Å². The third-order valence-electron chi connectivity index (χ3n) is 3.14. The van der Waals surface area contributed by atoms with Crippen LogP contribution in [0.2, 0.25) is 10.0 Å². The zero-order chi connectivity index (χ0) is 14.9. The van der Waals surface area contributed by atoms with Crippen molar-refractivity contribution in [1.82, 2.24) is 5.32 Å². The summed E-state index contributed by atoms with van der Waals surface area (Å²) >= 11 is 15.2. The van der Waals surface area contributed by atoms with Crippen LogP contribution in [0.4, 0.5) is 10.5 Å². The number of amides is 2. The molecule has 0 aliphatic heterocycles. The van der Waals surface area contributed by atoms with E-state index in [0.717, 1.165) is 0 Å². The lowest BCUT2D eigenvalue weighted by atomic mass is 10.1. The molecule has 1 aliphatic carbocycles. The molecule has 5 nitrogen and oxygen atoms in total. The smallest absolute Gasteiger partial charge is 0.319 e. The van der Waals surface area contributed by atoms with Gasteiger partial charge in [0.15, 0.2) is 0 Å². The number of nitrogens with one attached hydrogen (secondary N) is 2. The minimum Gasteiger partial charge on any atom is -0.481 e. The van der Waals surface area contributed by atoms with Crippen molar-refractivity contribution >= 4 is 56.8 Å². The molecule has 2 rings (SSSR count). The Morgan fingerprint density at radius 2 is 1.85 bits per heavy atom. The highest BCUT2D eigenvalue weighted by Gasteiger charge is 2.50. The van der Waals surface area contributed by atoms with E-state index >= 15 is 0 Å². The van der Waals surface area contributed by atoms with Gasteiger partial charge in [-0.05, 0) is 25.0 Å². The van der Waals surface area contributed by atoms with Gasteiger partial charge in [-0.15, -0.1) is 0 Å². The van der Waals surface area contributed by atoms with Crippen molar-refractivity contribution < 1.29 is 14.7 Å². The SMILES string of the molecule is O=C(NCC1(C(=O)O)CC1)Nc1c(Cl)cc(Br)cc1Cl. The normalized spacial score (nSPS) is 15.6. The quantitative estimate of drug-likeness (QED) is 0.743. The number of carbonyl (C=O) groups excluding carboxylic acids is 1. The Hall–Kier alpha value is -0.980. The number of aliphatic carboxylic acids is 1. The molecular formula is C12H11BrCl2N2O3. The van der Waals surface area contributed by atoms with Gasteiger partial charge in [-0.25, -0.2) is 4.79 Å². The first-order valence-electron chi connectivity index (χ1n) is 5.77. The van der Waals surface area contributed by atoms with Crippen LogP contribution in [-0.4, -0.2) is 23.7 Å². The van der Waals surface area contributed by atoms with Crippen molar-refractivity contribution in [2.75, 3.05) is 11.9 Å². The van der Waals surface area contributed by atoms with Gasteiger partial charge in [0.1, 0.15) is 0 Å². The molecule has 0 atom stereocenters. The first-order chi connectivity index (χ1) is 9.34. The minimum absolute atomic E-state index is 0.0833. The van der Waals surface area contributed by atoms with Gasteiger partial charge in [0.2, 0.25) is 0 Å².